The van der Waals surface area contributed by atoms with Crippen molar-refractivity contribution in [3.63, 3.8) is 0 Å². The van der Waals surface area contributed by atoms with E-state index in [1.807, 2.05) is 18.4 Å². The van der Waals surface area contributed by atoms with E-state index < -0.39 is 6.04 Å². The number of hydrogen-bond donors (Lipinski definition) is 3. The number of carbonyl (C=O) groups is 1. The summed E-state index contributed by atoms with van der Waals surface area (Å²) in [4.78, 5) is 11.6. The smallest absolute Gasteiger partial charge is 0.236 e. The van der Waals surface area contributed by atoms with Crippen molar-refractivity contribution >= 4 is 30.1 Å². The standard InChI is InChI=1S/C13H20N2O2S.ClH/c1-18-9-7-12(14)13(17)15-8-6-10-2-4-11(16)5-3-10;/h2-5,12,16H,6-9,14H2,1H3,(H,15,17);1H/t12-;/m0./s1. The van der Waals surface area contributed by atoms with Gasteiger partial charge in [-0.15, -0.1) is 12.4 Å². The van der Waals surface area contributed by atoms with Gasteiger partial charge in [-0.25, -0.2) is 0 Å². The van der Waals surface area contributed by atoms with E-state index in [2.05, 4.69) is 5.32 Å². The Morgan fingerprint density at radius 3 is 2.63 bits per heavy atom. The highest BCUT2D eigenvalue weighted by Gasteiger charge is 2.11. The van der Waals surface area contributed by atoms with E-state index in [0.29, 0.717) is 13.0 Å². The van der Waals surface area contributed by atoms with E-state index in [9.17, 15) is 4.79 Å². The van der Waals surface area contributed by atoms with E-state index >= 15 is 0 Å². The van der Waals surface area contributed by atoms with Gasteiger partial charge >= 0.3 is 0 Å². The number of hydrogen-bond acceptors (Lipinski definition) is 4. The van der Waals surface area contributed by atoms with Crippen LogP contribution in [-0.4, -0.2) is 35.6 Å². The van der Waals surface area contributed by atoms with Gasteiger partial charge in [0.2, 0.25) is 5.91 Å². The maximum atomic E-state index is 11.6. The molecule has 0 spiro atoms. The van der Waals surface area contributed by atoms with Gasteiger partial charge in [0, 0.05) is 6.54 Å². The zero-order valence-corrected chi connectivity index (χ0v) is 12.6. The normalized spacial score (nSPS) is 11.5. The molecule has 0 saturated heterocycles. The Morgan fingerprint density at radius 1 is 1.42 bits per heavy atom. The summed E-state index contributed by atoms with van der Waals surface area (Å²) in [5.41, 5.74) is 6.82. The second-order valence-electron chi connectivity index (χ2n) is 4.10. The molecule has 0 radical (unpaired) electrons. The van der Waals surface area contributed by atoms with Gasteiger partial charge in [-0.3, -0.25) is 4.79 Å². The van der Waals surface area contributed by atoms with Crippen molar-refractivity contribution in [2.45, 2.75) is 18.9 Å². The summed E-state index contributed by atoms with van der Waals surface area (Å²) >= 11 is 1.69. The topological polar surface area (TPSA) is 75.4 Å². The molecule has 0 unspecified atom stereocenters. The van der Waals surface area contributed by atoms with Gasteiger partial charge in [0.05, 0.1) is 6.04 Å². The summed E-state index contributed by atoms with van der Waals surface area (Å²) < 4.78 is 0. The van der Waals surface area contributed by atoms with Gasteiger partial charge in [0.15, 0.2) is 0 Å². The molecule has 0 heterocycles. The number of nitrogens with one attached hydrogen (secondary N) is 1. The first-order chi connectivity index (χ1) is 8.63. The van der Waals surface area contributed by atoms with Crippen LogP contribution in [0, 0.1) is 0 Å². The number of amides is 1. The molecular formula is C13H21ClN2O2S. The van der Waals surface area contributed by atoms with Crippen LogP contribution >= 0.6 is 24.2 Å². The van der Waals surface area contributed by atoms with Crippen LogP contribution in [0.4, 0.5) is 0 Å². The first kappa shape index (κ1) is 18.1. The Kier molecular flexibility index (Phi) is 9.47. The monoisotopic (exact) mass is 304 g/mol. The molecule has 0 aliphatic heterocycles. The number of aromatic hydroxyl groups is 1. The Hall–Kier alpha value is -0.910. The Morgan fingerprint density at radius 2 is 2.05 bits per heavy atom. The predicted molar refractivity (Wildman–Crippen MR) is 83.0 cm³/mol. The molecule has 0 fully saturated rings. The molecule has 0 aliphatic rings. The quantitative estimate of drug-likeness (QED) is 0.714. The van der Waals surface area contributed by atoms with Crippen LogP contribution in [0.5, 0.6) is 5.75 Å². The molecule has 1 rings (SSSR count). The van der Waals surface area contributed by atoms with Gasteiger partial charge in [0.25, 0.3) is 0 Å². The van der Waals surface area contributed by atoms with E-state index in [4.69, 9.17) is 10.8 Å². The lowest BCUT2D eigenvalue weighted by Crippen LogP contribution is -2.41. The average molecular weight is 305 g/mol. The van der Waals surface area contributed by atoms with Crippen molar-refractivity contribution in [2.24, 2.45) is 5.73 Å². The fourth-order valence-corrected chi connectivity index (χ4v) is 1.99. The van der Waals surface area contributed by atoms with Gasteiger partial charge in [-0.1, -0.05) is 12.1 Å². The number of carbonyl (C=O) groups excluding carboxylic acids is 1. The number of halogens is 1. The van der Waals surface area contributed by atoms with Crippen LogP contribution in [0.1, 0.15) is 12.0 Å². The SMILES string of the molecule is CSCC[C@H](N)C(=O)NCCc1ccc(O)cc1.Cl. The fraction of sp³-hybridized carbons (Fsp3) is 0.462. The highest BCUT2D eigenvalue weighted by atomic mass is 35.5. The third-order valence-electron chi connectivity index (χ3n) is 2.62. The summed E-state index contributed by atoms with van der Waals surface area (Å²) in [5.74, 6) is 1.05. The second kappa shape index (κ2) is 9.95. The van der Waals surface area contributed by atoms with Crippen molar-refractivity contribution in [1.82, 2.24) is 5.32 Å². The lowest BCUT2D eigenvalue weighted by Gasteiger charge is -2.11. The maximum Gasteiger partial charge on any atom is 0.236 e. The molecule has 0 saturated carbocycles. The van der Waals surface area contributed by atoms with Crippen molar-refractivity contribution in [3.8, 4) is 5.75 Å². The highest BCUT2D eigenvalue weighted by molar-refractivity contribution is 7.98. The van der Waals surface area contributed by atoms with Gasteiger partial charge < -0.3 is 16.2 Å². The van der Waals surface area contributed by atoms with Crippen molar-refractivity contribution in [3.05, 3.63) is 29.8 Å². The zero-order chi connectivity index (χ0) is 13.4. The van der Waals surface area contributed by atoms with Crippen LogP contribution in [0.3, 0.4) is 0 Å². The molecular weight excluding hydrogens is 284 g/mol. The van der Waals surface area contributed by atoms with Crippen LogP contribution in [0.25, 0.3) is 0 Å². The number of phenolic OH excluding ortho intramolecular Hbond substituents is 1. The Balaban J connectivity index is 0.00000324. The molecule has 4 nitrogen and oxygen atoms in total. The first-order valence-electron chi connectivity index (χ1n) is 5.93. The highest BCUT2D eigenvalue weighted by Crippen LogP contribution is 2.09. The largest absolute Gasteiger partial charge is 0.508 e. The molecule has 1 atom stereocenters. The summed E-state index contributed by atoms with van der Waals surface area (Å²) in [6, 6.07) is 6.55. The Labute approximate surface area is 124 Å². The van der Waals surface area contributed by atoms with Gasteiger partial charge in [-0.2, -0.15) is 11.8 Å². The third kappa shape index (κ3) is 7.30. The number of nitrogens with two attached hydrogens (primary N) is 1. The van der Waals surface area contributed by atoms with Crippen LogP contribution in [0.2, 0.25) is 0 Å². The number of benzene rings is 1. The molecule has 0 aliphatic carbocycles. The molecule has 1 aromatic rings. The van der Waals surface area contributed by atoms with Gasteiger partial charge in [0.1, 0.15) is 5.75 Å². The van der Waals surface area contributed by atoms with Crippen molar-refractivity contribution in [2.75, 3.05) is 18.6 Å². The minimum Gasteiger partial charge on any atom is -0.508 e. The third-order valence-corrected chi connectivity index (χ3v) is 3.26. The van der Waals surface area contributed by atoms with E-state index in [-0.39, 0.29) is 24.1 Å². The van der Waals surface area contributed by atoms with Crippen molar-refractivity contribution < 1.29 is 9.90 Å². The molecule has 1 aromatic carbocycles. The van der Waals surface area contributed by atoms with Crippen LogP contribution in [-0.2, 0) is 11.2 Å². The average Bonchev–Trinajstić information content (AvgIpc) is 2.38. The number of phenols is 1. The summed E-state index contributed by atoms with van der Waals surface area (Å²) in [7, 11) is 0. The molecule has 1 amide bonds. The van der Waals surface area contributed by atoms with Crippen LogP contribution in [0.15, 0.2) is 24.3 Å². The zero-order valence-electron chi connectivity index (χ0n) is 11.0. The lowest BCUT2D eigenvalue weighted by atomic mass is 10.1. The molecule has 0 aromatic heterocycles. The summed E-state index contributed by atoms with van der Waals surface area (Å²) in [6.07, 6.45) is 3.43. The van der Waals surface area contributed by atoms with Crippen molar-refractivity contribution in [1.29, 1.82) is 0 Å². The van der Waals surface area contributed by atoms with E-state index in [1.165, 1.54) is 0 Å². The predicted octanol–water partition coefficient (Wildman–Crippen LogP) is 1.55. The molecule has 0 bridgehead atoms. The van der Waals surface area contributed by atoms with Crippen LogP contribution < -0.4 is 11.1 Å². The summed E-state index contributed by atoms with van der Waals surface area (Å²) in [5, 5.41) is 12.0. The van der Waals surface area contributed by atoms with E-state index in [1.54, 1.807) is 23.9 Å². The molecule has 19 heavy (non-hydrogen) atoms. The van der Waals surface area contributed by atoms with Gasteiger partial charge in [-0.05, 0) is 42.5 Å². The number of thioether (sulfide) groups is 1. The number of rotatable bonds is 7. The lowest BCUT2D eigenvalue weighted by molar-refractivity contribution is -0.122. The minimum atomic E-state index is -0.419. The molecule has 6 heteroatoms. The fourth-order valence-electron chi connectivity index (χ4n) is 1.50. The maximum absolute atomic E-state index is 11.6. The second-order valence-corrected chi connectivity index (χ2v) is 5.08. The first-order valence-corrected chi connectivity index (χ1v) is 7.33. The minimum absolute atomic E-state index is 0. The molecule has 4 N–H and O–H groups in total. The van der Waals surface area contributed by atoms with E-state index in [0.717, 1.165) is 17.7 Å². The Bertz CT molecular complexity index is 373. The molecule has 108 valence electrons. The summed E-state index contributed by atoms with van der Waals surface area (Å²) in [6.45, 7) is 0.566.